The molecule has 0 fully saturated rings. The average Bonchev–Trinajstić information content (AvgIpc) is 2.64. The van der Waals surface area contributed by atoms with Gasteiger partial charge in [0, 0.05) is 23.8 Å². The zero-order valence-corrected chi connectivity index (χ0v) is 14.3. The topological polar surface area (TPSA) is 102 Å². The molecule has 2 aromatic rings. The molecular weight excluding hydrogens is 336 g/mol. The zero-order valence-electron chi connectivity index (χ0n) is 14.3. The number of unbranched alkanes of at least 4 members (excludes halogenated alkanes) is 1. The summed E-state index contributed by atoms with van der Waals surface area (Å²) in [6, 6.07) is 11.6. The summed E-state index contributed by atoms with van der Waals surface area (Å²) in [5.74, 6) is 0.280. The van der Waals surface area contributed by atoms with Gasteiger partial charge in [-0.25, -0.2) is 5.48 Å². The van der Waals surface area contributed by atoms with Gasteiger partial charge in [-0.1, -0.05) is 13.3 Å². The highest BCUT2D eigenvalue weighted by molar-refractivity contribution is 6.04. The van der Waals surface area contributed by atoms with Gasteiger partial charge in [-0.05, 0) is 49.2 Å². The van der Waals surface area contributed by atoms with Crippen molar-refractivity contribution in [2.45, 2.75) is 26.2 Å². The third kappa shape index (κ3) is 5.62. The van der Waals surface area contributed by atoms with Crippen molar-refractivity contribution in [2.24, 2.45) is 0 Å². The molecule has 0 radical (unpaired) electrons. The van der Waals surface area contributed by atoms with Crippen molar-refractivity contribution < 1.29 is 19.7 Å². The van der Waals surface area contributed by atoms with Crippen LogP contribution in [0.25, 0.3) is 0 Å². The van der Waals surface area contributed by atoms with Gasteiger partial charge in [0.2, 0.25) is 0 Å². The number of non-ortho nitro benzene ring substituents is 1. The van der Waals surface area contributed by atoms with E-state index in [2.05, 4.69) is 5.48 Å². The Bertz CT molecular complexity index is 783. The van der Waals surface area contributed by atoms with Crippen molar-refractivity contribution in [2.75, 3.05) is 0 Å². The number of hydroxylamine groups is 1. The summed E-state index contributed by atoms with van der Waals surface area (Å²) < 4.78 is 0. The number of benzene rings is 2. The van der Waals surface area contributed by atoms with Gasteiger partial charge in [0.15, 0.2) is 11.5 Å². The molecule has 0 saturated heterocycles. The van der Waals surface area contributed by atoms with Crippen LogP contribution < -0.4 is 10.3 Å². The van der Waals surface area contributed by atoms with Gasteiger partial charge < -0.3 is 9.94 Å². The number of allylic oxidation sites excluding steroid dienone is 2. The maximum atomic E-state index is 12.3. The maximum Gasteiger partial charge on any atom is 0.269 e. The number of nitro benzene ring substituents is 1. The number of ketones is 1. The monoisotopic (exact) mass is 356 g/mol. The van der Waals surface area contributed by atoms with Crippen molar-refractivity contribution >= 4 is 11.5 Å². The maximum absolute atomic E-state index is 12.3. The minimum absolute atomic E-state index is 0.0263. The van der Waals surface area contributed by atoms with Crippen LogP contribution in [0.1, 0.15) is 36.5 Å². The number of carbonyl (C=O) groups is 1. The Morgan fingerprint density at radius 1 is 1.19 bits per heavy atom. The van der Waals surface area contributed by atoms with E-state index < -0.39 is 4.92 Å². The summed E-state index contributed by atoms with van der Waals surface area (Å²) in [5.41, 5.74) is 3.78. The van der Waals surface area contributed by atoms with E-state index in [1.807, 2.05) is 6.92 Å². The van der Waals surface area contributed by atoms with Gasteiger partial charge in [0.1, 0.15) is 5.75 Å². The predicted octanol–water partition coefficient (Wildman–Crippen LogP) is 4.14. The molecule has 0 aliphatic rings. The molecule has 7 nitrogen and oxygen atoms in total. The summed E-state index contributed by atoms with van der Waals surface area (Å²) >= 11 is 0. The first kappa shape index (κ1) is 19.0. The van der Waals surface area contributed by atoms with Crippen LogP contribution in [0.3, 0.4) is 0 Å². The van der Waals surface area contributed by atoms with E-state index in [9.17, 15) is 20.0 Å². The minimum Gasteiger partial charge on any atom is -0.508 e. The van der Waals surface area contributed by atoms with Crippen LogP contribution in [0.15, 0.2) is 60.3 Å². The lowest BCUT2D eigenvalue weighted by Gasteiger charge is -2.11. The largest absolute Gasteiger partial charge is 0.508 e. The molecule has 0 aliphatic carbocycles. The summed E-state index contributed by atoms with van der Waals surface area (Å²) in [6.45, 7) is 2.04. The number of nitro groups is 1. The second-order valence-corrected chi connectivity index (χ2v) is 5.64. The average molecular weight is 356 g/mol. The Labute approximate surface area is 151 Å². The Morgan fingerprint density at radius 3 is 2.42 bits per heavy atom. The SMILES string of the molecule is CCCCC(=CC(=O)c1ccc(O)cc1)NOc1ccc([N+](=O)[O-])cc1. The van der Waals surface area contributed by atoms with Crippen molar-refractivity contribution in [3.05, 3.63) is 76.0 Å². The number of hydrogen-bond acceptors (Lipinski definition) is 6. The molecule has 0 unspecified atom stereocenters. The molecule has 2 aromatic carbocycles. The van der Waals surface area contributed by atoms with Crippen LogP contribution in [-0.4, -0.2) is 15.8 Å². The second-order valence-electron chi connectivity index (χ2n) is 5.64. The van der Waals surface area contributed by atoms with Gasteiger partial charge in [0.05, 0.1) is 10.6 Å². The molecule has 0 aromatic heterocycles. The molecular formula is C19H20N2O5. The van der Waals surface area contributed by atoms with Crippen molar-refractivity contribution in [3.8, 4) is 11.5 Å². The van der Waals surface area contributed by atoms with Crippen LogP contribution >= 0.6 is 0 Å². The molecule has 0 saturated carbocycles. The summed E-state index contributed by atoms with van der Waals surface area (Å²) in [4.78, 5) is 27.9. The van der Waals surface area contributed by atoms with Crippen LogP contribution in [0.4, 0.5) is 5.69 Å². The predicted molar refractivity (Wildman–Crippen MR) is 96.9 cm³/mol. The smallest absolute Gasteiger partial charge is 0.269 e. The standard InChI is InChI=1S/C19H20N2O5/c1-2-3-4-15(13-19(23)14-5-9-17(22)10-6-14)20-26-18-11-7-16(8-12-18)21(24)25/h5-13,20,22H,2-4H2,1H3. The fourth-order valence-electron chi connectivity index (χ4n) is 2.15. The van der Waals surface area contributed by atoms with E-state index in [-0.39, 0.29) is 17.2 Å². The molecule has 0 bridgehead atoms. The fourth-order valence-corrected chi connectivity index (χ4v) is 2.15. The lowest BCUT2D eigenvalue weighted by atomic mass is 10.1. The number of phenolic OH excluding ortho intramolecular Hbond substituents is 1. The van der Waals surface area contributed by atoms with E-state index >= 15 is 0 Å². The lowest BCUT2D eigenvalue weighted by Crippen LogP contribution is -2.19. The van der Waals surface area contributed by atoms with Crippen LogP contribution in [0, 0.1) is 10.1 Å². The second kappa shape index (κ2) is 9.22. The Morgan fingerprint density at radius 2 is 1.85 bits per heavy atom. The van der Waals surface area contributed by atoms with E-state index in [1.165, 1.54) is 42.5 Å². The Balaban J connectivity index is 2.07. The van der Waals surface area contributed by atoms with Crippen LogP contribution in [0.2, 0.25) is 0 Å². The molecule has 0 amide bonds. The number of rotatable bonds is 9. The molecule has 0 heterocycles. The summed E-state index contributed by atoms with van der Waals surface area (Å²) in [7, 11) is 0. The number of phenols is 1. The number of carbonyl (C=O) groups excluding carboxylic acids is 1. The molecule has 2 N–H and O–H groups in total. The van der Waals surface area contributed by atoms with Crippen molar-refractivity contribution in [1.82, 2.24) is 5.48 Å². The minimum atomic E-state index is -0.486. The highest BCUT2D eigenvalue weighted by Crippen LogP contribution is 2.18. The number of nitrogens with one attached hydrogen (secondary N) is 1. The van der Waals surface area contributed by atoms with E-state index in [0.29, 0.717) is 23.4 Å². The van der Waals surface area contributed by atoms with Gasteiger partial charge in [-0.15, -0.1) is 0 Å². The first-order valence-electron chi connectivity index (χ1n) is 8.21. The van der Waals surface area contributed by atoms with Gasteiger partial charge in [-0.3, -0.25) is 14.9 Å². The first-order chi connectivity index (χ1) is 12.5. The first-order valence-corrected chi connectivity index (χ1v) is 8.21. The molecule has 0 aliphatic heterocycles. The molecule has 26 heavy (non-hydrogen) atoms. The van der Waals surface area contributed by atoms with Gasteiger partial charge in [0.25, 0.3) is 5.69 Å². The molecule has 0 spiro atoms. The molecule has 0 atom stereocenters. The van der Waals surface area contributed by atoms with E-state index in [0.717, 1.165) is 12.8 Å². The summed E-state index contributed by atoms with van der Waals surface area (Å²) in [5, 5.41) is 20.0. The third-order valence-electron chi connectivity index (χ3n) is 3.60. The Hall–Kier alpha value is -3.35. The van der Waals surface area contributed by atoms with Crippen molar-refractivity contribution in [1.29, 1.82) is 0 Å². The summed E-state index contributed by atoms with van der Waals surface area (Å²) in [6.07, 6.45) is 3.88. The number of nitrogens with zero attached hydrogens (tertiary/aromatic N) is 1. The molecule has 2 rings (SSSR count). The number of hydrogen-bond donors (Lipinski definition) is 2. The van der Waals surface area contributed by atoms with Crippen LogP contribution in [0.5, 0.6) is 11.5 Å². The lowest BCUT2D eigenvalue weighted by molar-refractivity contribution is -0.384. The fraction of sp³-hybridized carbons (Fsp3) is 0.211. The molecule has 136 valence electrons. The third-order valence-corrected chi connectivity index (χ3v) is 3.60. The Kier molecular flexibility index (Phi) is 6.73. The van der Waals surface area contributed by atoms with Gasteiger partial charge >= 0.3 is 0 Å². The van der Waals surface area contributed by atoms with Crippen molar-refractivity contribution in [3.63, 3.8) is 0 Å². The molecule has 7 heteroatoms. The normalized spacial score (nSPS) is 11.0. The quantitative estimate of drug-likeness (QED) is 0.303. The van der Waals surface area contributed by atoms with Crippen LogP contribution in [-0.2, 0) is 0 Å². The van der Waals surface area contributed by atoms with E-state index in [1.54, 1.807) is 12.1 Å². The number of aromatic hydroxyl groups is 1. The van der Waals surface area contributed by atoms with E-state index in [4.69, 9.17) is 4.84 Å². The highest BCUT2D eigenvalue weighted by atomic mass is 16.6. The van der Waals surface area contributed by atoms with Gasteiger partial charge in [-0.2, -0.15) is 0 Å². The zero-order chi connectivity index (χ0) is 18.9. The highest BCUT2D eigenvalue weighted by Gasteiger charge is 2.08.